The summed E-state index contributed by atoms with van der Waals surface area (Å²) in [5.74, 6) is -0.388. The van der Waals surface area contributed by atoms with E-state index in [4.69, 9.17) is 14.2 Å². The summed E-state index contributed by atoms with van der Waals surface area (Å²) in [5.41, 5.74) is 0. The lowest BCUT2D eigenvalue weighted by Crippen LogP contribution is -2.30. The summed E-state index contributed by atoms with van der Waals surface area (Å²) in [5, 5.41) is 0. The van der Waals surface area contributed by atoms with Gasteiger partial charge in [-0.05, 0) is 51.4 Å². The highest BCUT2D eigenvalue weighted by Gasteiger charge is 2.17. The second-order valence-electron chi connectivity index (χ2n) is 16.7. The van der Waals surface area contributed by atoms with E-state index < -0.39 is 6.10 Å². The average Bonchev–Trinajstić information content (AvgIpc) is 3.20. The number of carbonyl (C=O) groups excluding carboxylic acids is 2. The highest BCUT2D eigenvalue weighted by atomic mass is 16.6. The van der Waals surface area contributed by atoms with Crippen LogP contribution < -0.4 is 0 Å². The van der Waals surface area contributed by atoms with Gasteiger partial charge < -0.3 is 14.2 Å². The quantitative estimate of drug-likeness (QED) is 0.0349. The summed E-state index contributed by atoms with van der Waals surface area (Å²) in [6, 6.07) is 0. The molecule has 56 heavy (non-hydrogen) atoms. The first-order valence-corrected chi connectivity index (χ1v) is 24.9. The SMILES string of the molecule is CCCCC/C=C\C/C=C\CCCCCCCCCCCCOCC(COC(=O)CCCCCCCCCCCCC)OC(=O)CCCCCCCCCCC. The zero-order chi connectivity index (χ0) is 40.7. The molecular weight excluding hydrogens is 693 g/mol. The number of carbonyl (C=O) groups is 2. The maximum absolute atomic E-state index is 12.7. The van der Waals surface area contributed by atoms with Gasteiger partial charge in [-0.2, -0.15) is 0 Å². The second kappa shape index (κ2) is 47.8. The molecule has 0 aromatic heterocycles. The Morgan fingerprint density at radius 2 is 0.750 bits per heavy atom. The van der Waals surface area contributed by atoms with Crippen molar-refractivity contribution in [2.45, 2.75) is 271 Å². The molecule has 0 N–H and O–H groups in total. The number of ether oxygens (including phenoxy) is 3. The molecule has 1 unspecified atom stereocenters. The summed E-state index contributed by atoms with van der Waals surface area (Å²) >= 11 is 0. The first-order valence-electron chi connectivity index (χ1n) is 24.9. The number of hydrogen-bond acceptors (Lipinski definition) is 5. The lowest BCUT2D eigenvalue weighted by Gasteiger charge is -2.18. The van der Waals surface area contributed by atoms with Crippen molar-refractivity contribution in [3.8, 4) is 0 Å². The van der Waals surface area contributed by atoms with Crippen LogP contribution in [0.15, 0.2) is 24.3 Å². The molecule has 0 aromatic rings. The molecule has 0 aliphatic heterocycles. The van der Waals surface area contributed by atoms with Crippen molar-refractivity contribution in [3.63, 3.8) is 0 Å². The van der Waals surface area contributed by atoms with Crippen LogP contribution in [-0.2, 0) is 23.8 Å². The Balaban J connectivity index is 4.11. The van der Waals surface area contributed by atoms with Crippen LogP contribution >= 0.6 is 0 Å². The van der Waals surface area contributed by atoms with E-state index in [-0.39, 0.29) is 18.5 Å². The Labute approximate surface area is 349 Å². The van der Waals surface area contributed by atoms with Crippen LogP contribution in [0.1, 0.15) is 265 Å². The molecule has 5 nitrogen and oxygen atoms in total. The van der Waals surface area contributed by atoms with E-state index >= 15 is 0 Å². The van der Waals surface area contributed by atoms with Gasteiger partial charge in [0.15, 0.2) is 6.10 Å². The Hall–Kier alpha value is -1.62. The standard InChI is InChI=1S/C51H96O5/c1-4-7-10-13-16-19-21-22-23-24-25-26-27-28-29-31-34-37-40-43-46-54-47-49(56-51(53)45-42-39-36-32-18-15-12-9-6-3)48-55-50(52)44-41-38-35-33-30-20-17-14-11-8-5-2/h16,19,22-23,49H,4-15,17-18,20-21,24-48H2,1-3H3/b19-16-,23-22-. The zero-order valence-corrected chi connectivity index (χ0v) is 37.9. The van der Waals surface area contributed by atoms with Crippen molar-refractivity contribution in [3.05, 3.63) is 24.3 Å². The summed E-state index contributed by atoms with van der Waals surface area (Å²) < 4.78 is 17.3. The Kier molecular flexibility index (Phi) is 46.4. The molecule has 0 saturated carbocycles. The number of allylic oxidation sites excluding steroid dienone is 4. The van der Waals surface area contributed by atoms with Crippen LogP contribution in [0.4, 0.5) is 0 Å². The van der Waals surface area contributed by atoms with Crippen molar-refractivity contribution in [1.82, 2.24) is 0 Å². The van der Waals surface area contributed by atoms with Gasteiger partial charge in [-0.1, -0.05) is 225 Å². The molecule has 0 aliphatic rings. The fourth-order valence-electron chi connectivity index (χ4n) is 7.25. The summed E-state index contributed by atoms with van der Waals surface area (Å²) in [6.45, 7) is 7.81. The van der Waals surface area contributed by atoms with Crippen LogP contribution in [0.25, 0.3) is 0 Å². The maximum Gasteiger partial charge on any atom is 0.306 e. The highest BCUT2D eigenvalue weighted by molar-refractivity contribution is 5.70. The lowest BCUT2D eigenvalue weighted by atomic mass is 10.1. The van der Waals surface area contributed by atoms with Crippen molar-refractivity contribution in [1.29, 1.82) is 0 Å². The summed E-state index contributed by atoms with van der Waals surface area (Å²) in [4.78, 5) is 25.2. The van der Waals surface area contributed by atoms with Crippen molar-refractivity contribution >= 4 is 11.9 Å². The minimum absolute atomic E-state index is 0.0912. The minimum atomic E-state index is -0.527. The van der Waals surface area contributed by atoms with Crippen molar-refractivity contribution in [2.24, 2.45) is 0 Å². The van der Waals surface area contributed by atoms with Gasteiger partial charge in [0.2, 0.25) is 0 Å². The van der Waals surface area contributed by atoms with Crippen LogP contribution in [0.2, 0.25) is 0 Å². The molecular formula is C51H96O5. The van der Waals surface area contributed by atoms with Gasteiger partial charge in [0.1, 0.15) is 6.61 Å². The number of rotatable bonds is 46. The van der Waals surface area contributed by atoms with Gasteiger partial charge in [0.05, 0.1) is 6.61 Å². The van der Waals surface area contributed by atoms with Crippen molar-refractivity contribution < 1.29 is 23.8 Å². The molecule has 0 saturated heterocycles. The molecule has 0 radical (unpaired) electrons. The fraction of sp³-hybridized carbons (Fsp3) is 0.882. The molecule has 0 heterocycles. The third-order valence-electron chi connectivity index (χ3n) is 11.0. The van der Waals surface area contributed by atoms with Gasteiger partial charge in [-0.25, -0.2) is 0 Å². The predicted octanol–water partition coefficient (Wildman–Crippen LogP) is 16.5. The number of hydrogen-bond donors (Lipinski definition) is 0. The first kappa shape index (κ1) is 54.4. The van der Waals surface area contributed by atoms with Gasteiger partial charge >= 0.3 is 11.9 Å². The van der Waals surface area contributed by atoms with E-state index in [2.05, 4.69) is 45.1 Å². The molecule has 0 amide bonds. The van der Waals surface area contributed by atoms with Gasteiger partial charge in [-0.15, -0.1) is 0 Å². The average molecular weight is 789 g/mol. The summed E-state index contributed by atoms with van der Waals surface area (Å²) in [6.07, 6.45) is 54.7. The molecule has 330 valence electrons. The Morgan fingerprint density at radius 1 is 0.393 bits per heavy atom. The smallest absolute Gasteiger partial charge is 0.306 e. The van der Waals surface area contributed by atoms with Crippen LogP contribution in [0, 0.1) is 0 Å². The molecule has 0 rings (SSSR count). The van der Waals surface area contributed by atoms with E-state index in [0.717, 1.165) is 44.9 Å². The fourth-order valence-corrected chi connectivity index (χ4v) is 7.25. The van der Waals surface area contributed by atoms with Gasteiger partial charge in [-0.3, -0.25) is 9.59 Å². The molecule has 5 heteroatoms. The molecule has 0 aromatic carbocycles. The monoisotopic (exact) mass is 789 g/mol. The van der Waals surface area contributed by atoms with E-state index in [1.807, 2.05) is 0 Å². The number of esters is 2. The predicted molar refractivity (Wildman–Crippen MR) is 242 cm³/mol. The molecule has 0 spiro atoms. The van der Waals surface area contributed by atoms with Gasteiger partial charge in [0.25, 0.3) is 0 Å². The maximum atomic E-state index is 12.7. The molecule has 0 bridgehead atoms. The van der Waals surface area contributed by atoms with Crippen LogP contribution in [-0.4, -0.2) is 37.9 Å². The highest BCUT2D eigenvalue weighted by Crippen LogP contribution is 2.15. The summed E-state index contributed by atoms with van der Waals surface area (Å²) in [7, 11) is 0. The second-order valence-corrected chi connectivity index (χ2v) is 16.7. The molecule has 0 aliphatic carbocycles. The van der Waals surface area contributed by atoms with E-state index in [0.29, 0.717) is 26.1 Å². The lowest BCUT2D eigenvalue weighted by molar-refractivity contribution is -0.163. The topological polar surface area (TPSA) is 61.8 Å². The van der Waals surface area contributed by atoms with Gasteiger partial charge in [0, 0.05) is 19.4 Å². The normalized spacial score (nSPS) is 12.3. The molecule has 1 atom stereocenters. The Bertz CT molecular complexity index is 851. The van der Waals surface area contributed by atoms with Crippen LogP contribution in [0.3, 0.4) is 0 Å². The minimum Gasteiger partial charge on any atom is -0.462 e. The largest absolute Gasteiger partial charge is 0.462 e. The third-order valence-corrected chi connectivity index (χ3v) is 11.0. The zero-order valence-electron chi connectivity index (χ0n) is 37.9. The molecule has 0 fully saturated rings. The first-order chi connectivity index (χ1) is 27.6. The van der Waals surface area contributed by atoms with Crippen LogP contribution in [0.5, 0.6) is 0 Å². The third kappa shape index (κ3) is 45.1. The van der Waals surface area contributed by atoms with E-state index in [9.17, 15) is 9.59 Å². The number of unbranched alkanes of at least 4 members (excludes halogenated alkanes) is 31. The Morgan fingerprint density at radius 3 is 1.21 bits per heavy atom. The van der Waals surface area contributed by atoms with E-state index in [1.54, 1.807) is 0 Å². The van der Waals surface area contributed by atoms with Crippen molar-refractivity contribution in [2.75, 3.05) is 19.8 Å². The van der Waals surface area contributed by atoms with E-state index in [1.165, 1.54) is 186 Å².